The summed E-state index contributed by atoms with van der Waals surface area (Å²) in [4.78, 5) is 4.97. The number of hydrogen-bond acceptors (Lipinski definition) is 4. The molecule has 0 saturated carbocycles. The summed E-state index contributed by atoms with van der Waals surface area (Å²) in [5.74, 6) is 0. The van der Waals surface area contributed by atoms with Gasteiger partial charge in [0.25, 0.3) is 0 Å². The third-order valence-corrected chi connectivity index (χ3v) is 3.66. The highest BCUT2D eigenvalue weighted by Gasteiger charge is 2.29. The summed E-state index contributed by atoms with van der Waals surface area (Å²) in [5.41, 5.74) is 5.43. The summed E-state index contributed by atoms with van der Waals surface area (Å²) in [6.45, 7) is 5.79. The number of β-amino-alcohol motifs (C(OH)–C–C–N with tert-alkyl or cyclic N) is 1. The molecule has 0 aromatic heterocycles. The smallest absolute Gasteiger partial charge is 0.0789 e. The molecular weight excluding hydrogens is 190 g/mol. The standard InChI is InChI=1S/C11H23N3O/c12-7-11(15)9-13-5-6-14-4-2-1-3-10(14)8-13/h10-11,15H,1-9,12H2. The van der Waals surface area contributed by atoms with Crippen LogP contribution in [0, 0.1) is 0 Å². The molecule has 15 heavy (non-hydrogen) atoms. The van der Waals surface area contributed by atoms with Crippen LogP contribution in [-0.4, -0.2) is 66.3 Å². The molecule has 2 aliphatic rings. The Kier molecular flexibility index (Phi) is 3.97. The molecule has 88 valence electrons. The Hall–Kier alpha value is -0.160. The number of aliphatic hydroxyl groups is 1. The van der Waals surface area contributed by atoms with Gasteiger partial charge in [0.05, 0.1) is 6.10 Å². The molecular formula is C11H23N3O. The number of nitrogens with two attached hydrogens (primary N) is 1. The second kappa shape index (κ2) is 5.25. The van der Waals surface area contributed by atoms with E-state index in [4.69, 9.17) is 5.73 Å². The van der Waals surface area contributed by atoms with Gasteiger partial charge in [-0.3, -0.25) is 9.80 Å². The van der Waals surface area contributed by atoms with E-state index in [1.165, 1.54) is 32.4 Å². The number of piperidine rings is 1. The average Bonchev–Trinajstić information content (AvgIpc) is 2.29. The Bertz CT molecular complexity index is 200. The van der Waals surface area contributed by atoms with Gasteiger partial charge in [0.1, 0.15) is 0 Å². The molecule has 0 aliphatic carbocycles. The maximum absolute atomic E-state index is 9.53. The lowest BCUT2D eigenvalue weighted by Crippen LogP contribution is -2.56. The van der Waals surface area contributed by atoms with Crippen LogP contribution in [-0.2, 0) is 0 Å². The number of fused-ring (bicyclic) bond motifs is 1. The molecule has 4 heteroatoms. The molecule has 2 atom stereocenters. The van der Waals surface area contributed by atoms with Crippen LogP contribution in [0.3, 0.4) is 0 Å². The van der Waals surface area contributed by atoms with Crippen molar-refractivity contribution in [2.24, 2.45) is 5.73 Å². The average molecular weight is 213 g/mol. The van der Waals surface area contributed by atoms with E-state index in [0.717, 1.165) is 25.7 Å². The van der Waals surface area contributed by atoms with Crippen LogP contribution >= 0.6 is 0 Å². The van der Waals surface area contributed by atoms with Crippen LogP contribution in [0.25, 0.3) is 0 Å². The lowest BCUT2D eigenvalue weighted by Gasteiger charge is -2.44. The zero-order valence-corrected chi connectivity index (χ0v) is 9.44. The minimum absolute atomic E-state index is 0.347. The van der Waals surface area contributed by atoms with E-state index in [0.29, 0.717) is 6.54 Å². The van der Waals surface area contributed by atoms with Crippen molar-refractivity contribution in [3.8, 4) is 0 Å². The minimum atomic E-state index is -0.347. The Balaban J connectivity index is 1.80. The predicted molar refractivity (Wildman–Crippen MR) is 60.7 cm³/mol. The van der Waals surface area contributed by atoms with Crippen molar-refractivity contribution < 1.29 is 5.11 Å². The van der Waals surface area contributed by atoms with Crippen LogP contribution < -0.4 is 5.73 Å². The van der Waals surface area contributed by atoms with Gasteiger partial charge in [0.15, 0.2) is 0 Å². The summed E-state index contributed by atoms with van der Waals surface area (Å²) < 4.78 is 0. The van der Waals surface area contributed by atoms with E-state index < -0.39 is 0 Å². The van der Waals surface area contributed by atoms with Crippen LogP contribution in [0.1, 0.15) is 19.3 Å². The Morgan fingerprint density at radius 1 is 1.27 bits per heavy atom. The lowest BCUT2D eigenvalue weighted by atomic mass is 9.99. The Morgan fingerprint density at radius 3 is 2.93 bits per heavy atom. The van der Waals surface area contributed by atoms with Gasteiger partial charge >= 0.3 is 0 Å². The van der Waals surface area contributed by atoms with Crippen LogP contribution in [0.2, 0.25) is 0 Å². The first kappa shape index (κ1) is 11.3. The largest absolute Gasteiger partial charge is 0.390 e. The Morgan fingerprint density at radius 2 is 2.13 bits per heavy atom. The van der Waals surface area contributed by atoms with Crippen molar-refractivity contribution in [2.45, 2.75) is 31.4 Å². The van der Waals surface area contributed by atoms with E-state index in [9.17, 15) is 5.11 Å². The molecule has 2 aliphatic heterocycles. The topological polar surface area (TPSA) is 52.7 Å². The van der Waals surface area contributed by atoms with Gasteiger partial charge in [-0.2, -0.15) is 0 Å². The number of rotatable bonds is 3. The zero-order chi connectivity index (χ0) is 10.7. The number of nitrogens with zero attached hydrogens (tertiary/aromatic N) is 2. The van der Waals surface area contributed by atoms with E-state index in [2.05, 4.69) is 9.80 Å². The van der Waals surface area contributed by atoms with Crippen LogP contribution in [0.5, 0.6) is 0 Å². The van der Waals surface area contributed by atoms with E-state index in [1.807, 2.05) is 0 Å². The first-order valence-corrected chi connectivity index (χ1v) is 6.14. The highest BCUT2D eigenvalue weighted by atomic mass is 16.3. The molecule has 0 aromatic rings. The zero-order valence-electron chi connectivity index (χ0n) is 9.44. The first-order valence-electron chi connectivity index (χ1n) is 6.14. The van der Waals surface area contributed by atoms with E-state index in [1.54, 1.807) is 0 Å². The van der Waals surface area contributed by atoms with Gasteiger partial charge in [-0.15, -0.1) is 0 Å². The van der Waals surface area contributed by atoms with Gasteiger partial charge in [-0.05, 0) is 19.4 Å². The highest BCUT2D eigenvalue weighted by molar-refractivity contribution is 4.85. The molecule has 2 saturated heterocycles. The normalized spacial score (nSPS) is 31.2. The monoisotopic (exact) mass is 213 g/mol. The Labute approximate surface area is 92.0 Å². The van der Waals surface area contributed by atoms with Crippen molar-refractivity contribution in [1.82, 2.24) is 9.80 Å². The van der Waals surface area contributed by atoms with Crippen molar-refractivity contribution >= 4 is 0 Å². The van der Waals surface area contributed by atoms with Gasteiger partial charge in [-0.25, -0.2) is 0 Å². The van der Waals surface area contributed by atoms with Crippen LogP contribution in [0.15, 0.2) is 0 Å². The number of piperazine rings is 1. The summed E-state index contributed by atoms with van der Waals surface area (Å²) >= 11 is 0. The van der Waals surface area contributed by atoms with E-state index in [-0.39, 0.29) is 6.10 Å². The molecule has 2 fully saturated rings. The van der Waals surface area contributed by atoms with Gasteiger partial charge in [0.2, 0.25) is 0 Å². The molecule has 0 radical (unpaired) electrons. The quantitative estimate of drug-likeness (QED) is 0.662. The SMILES string of the molecule is NCC(O)CN1CCN2CCCCC2C1. The summed E-state index contributed by atoms with van der Waals surface area (Å²) in [6.07, 6.45) is 3.71. The minimum Gasteiger partial charge on any atom is -0.390 e. The highest BCUT2D eigenvalue weighted by Crippen LogP contribution is 2.20. The second-order valence-electron chi connectivity index (χ2n) is 4.83. The number of aliphatic hydroxyl groups excluding tert-OH is 1. The third-order valence-electron chi connectivity index (χ3n) is 3.66. The van der Waals surface area contributed by atoms with Gasteiger partial charge in [0, 0.05) is 38.8 Å². The van der Waals surface area contributed by atoms with Crippen LogP contribution in [0.4, 0.5) is 0 Å². The number of hydrogen-bond donors (Lipinski definition) is 2. The third kappa shape index (κ3) is 2.91. The maximum Gasteiger partial charge on any atom is 0.0789 e. The molecule has 0 amide bonds. The molecule has 3 N–H and O–H groups in total. The summed E-state index contributed by atoms with van der Waals surface area (Å²) in [5, 5.41) is 9.53. The molecule has 2 rings (SSSR count). The molecule has 2 unspecified atom stereocenters. The van der Waals surface area contributed by atoms with Gasteiger partial charge in [-0.1, -0.05) is 6.42 Å². The summed E-state index contributed by atoms with van der Waals surface area (Å²) in [7, 11) is 0. The molecule has 4 nitrogen and oxygen atoms in total. The fraction of sp³-hybridized carbons (Fsp3) is 1.00. The lowest BCUT2D eigenvalue weighted by molar-refractivity contribution is 0.0256. The molecule has 0 bridgehead atoms. The molecule has 0 spiro atoms. The van der Waals surface area contributed by atoms with Crippen molar-refractivity contribution in [3.63, 3.8) is 0 Å². The summed E-state index contributed by atoms with van der Waals surface area (Å²) in [6, 6.07) is 0.734. The fourth-order valence-electron chi connectivity index (χ4n) is 2.76. The maximum atomic E-state index is 9.53. The molecule has 2 heterocycles. The van der Waals surface area contributed by atoms with E-state index >= 15 is 0 Å². The van der Waals surface area contributed by atoms with Crippen molar-refractivity contribution in [1.29, 1.82) is 0 Å². The fourth-order valence-corrected chi connectivity index (χ4v) is 2.76. The van der Waals surface area contributed by atoms with Gasteiger partial charge < -0.3 is 10.8 Å². The second-order valence-corrected chi connectivity index (χ2v) is 4.83. The van der Waals surface area contributed by atoms with Crippen molar-refractivity contribution in [3.05, 3.63) is 0 Å². The predicted octanol–water partition coefficient (Wildman–Crippen LogP) is -0.524. The molecule has 0 aromatic carbocycles. The van der Waals surface area contributed by atoms with Crippen molar-refractivity contribution in [2.75, 3.05) is 39.3 Å². The first-order chi connectivity index (χ1) is 7.29.